The van der Waals surface area contributed by atoms with E-state index in [1.807, 2.05) is 0 Å². The SMILES string of the molecule is CS(=O)(=O)c1ccc(C(=O)OCC(=O)c2ccc(S(=O)(=O)N3CCCC3)cc2)cc1. The lowest BCUT2D eigenvalue weighted by Gasteiger charge is -2.15. The Morgan fingerprint density at radius 2 is 1.33 bits per heavy atom. The van der Waals surface area contributed by atoms with Crippen LogP contribution in [-0.2, 0) is 24.6 Å². The van der Waals surface area contributed by atoms with Gasteiger partial charge >= 0.3 is 5.97 Å². The van der Waals surface area contributed by atoms with Crippen molar-refractivity contribution in [3.63, 3.8) is 0 Å². The Morgan fingerprint density at radius 3 is 1.87 bits per heavy atom. The van der Waals surface area contributed by atoms with Crippen molar-refractivity contribution in [3.8, 4) is 0 Å². The number of hydrogen-bond donors (Lipinski definition) is 0. The second-order valence-corrected chi connectivity index (χ2v) is 10.9. The molecule has 0 bridgehead atoms. The third-order valence-corrected chi connectivity index (χ3v) is 7.77. The van der Waals surface area contributed by atoms with Crippen LogP contribution in [0.1, 0.15) is 33.6 Å². The van der Waals surface area contributed by atoms with Gasteiger partial charge in [0.05, 0.1) is 15.4 Å². The van der Waals surface area contributed by atoms with Gasteiger partial charge in [0.15, 0.2) is 22.2 Å². The maximum absolute atomic E-state index is 12.5. The van der Waals surface area contributed by atoms with Gasteiger partial charge in [-0.2, -0.15) is 4.31 Å². The Labute approximate surface area is 175 Å². The van der Waals surface area contributed by atoms with E-state index in [1.54, 1.807) is 0 Å². The molecule has 3 rings (SSSR count). The normalized spacial score (nSPS) is 15.1. The maximum Gasteiger partial charge on any atom is 0.338 e. The molecule has 30 heavy (non-hydrogen) atoms. The molecule has 0 aliphatic carbocycles. The van der Waals surface area contributed by atoms with Crippen LogP contribution >= 0.6 is 0 Å². The van der Waals surface area contributed by atoms with E-state index in [2.05, 4.69) is 0 Å². The molecular formula is C20H21NO7S2. The Bertz CT molecular complexity index is 1150. The molecule has 1 fully saturated rings. The summed E-state index contributed by atoms with van der Waals surface area (Å²) in [4.78, 5) is 24.5. The van der Waals surface area contributed by atoms with Crippen LogP contribution in [0.3, 0.4) is 0 Å². The number of ether oxygens (including phenoxy) is 1. The predicted molar refractivity (Wildman–Crippen MR) is 109 cm³/mol. The molecule has 1 saturated heterocycles. The highest BCUT2D eigenvalue weighted by Crippen LogP contribution is 2.21. The van der Waals surface area contributed by atoms with E-state index in [4.69, 9.17) is 4.74 Å². The third-order valence-electron chi connectivity index (χ3n) is 4.73. The molecule has 0 radical (unpaired) electrons. The highest BCUT2D eigenvalue weighted by Gasteiger charge is 2.27. The number of nitrogens with zero attached hydrogens (tertiary/aromatic N) is 1. The van der Waals surface area contributed by atoms with Gasteiger partial charge < -0.3 is 4.74 Å². The lowest BCUT2D eigenvalue weighted by molar-refractivity contribution is 0.0474. The average Bonchev–Trinajstić information content (AvgIpc) is 3.27. The molecule has 8 nitrogen and oxygen atoms in total. The molecule has 1 aliphatic rings. The van der Waals surface area contributed by atoms with Crippen LogP contribution in [0.15, 0.2) is 58.3 Å². The summed E-state index contributed by atoms with van der Waals surface area (Å²) in [5, 5.41) is 0. The first kappa shape index (κ1) is 22.1. The van der Waals surface area contributed by atoms with Crippen LogP contribution in [0.2, 0.25) is 0 Å². The monoisotopic (exact) mass is 451 g/mol. The van der Waals surface area contributed by atoms with Gasteiger partial charge in [-0.3, -0.25) is 4.79 Å². The highest BCUT2D eigenvalue weighted by atomic mass is 32.2. The standard InChI is InChI=1S/C20H21NO7S2/c1-29(24,25)17-8-6-16(7-9-17)20(23)28-14-19(22)15-4-10-18(11-5-15)30(26,27)21-12-2-3-13-21/h4-11H,2-3,12-14H2,1H3. The zero-order chi connectivity index (χ0) is 21.9. The lowest BCUT2D eigenvalue weighted by atomic mass is 10.1. The topological polar surface area (TPSA) is 115 Å². The van der Waals surface area contributed by atoms with E-state index >= 15 is 0 Å². The van der Waals surface area contributed by atoms with Crippen molar-refractivity contribution in [1.29, 1.82) is 0 Å². The summed E-state index contributed by atoms with van der Waals surface area (Å²) >= 11 is 0. The van der Waals surface area contributed by atoms with Gasteiger partial charge in [0.2, 0.25) is 10.0 Å². The number of ketones is 1. The minimum Gasteiger partial charge on any atom is -0.454 e. The van der Waals surface area contributed by atoms with Gasteiger partial charge in [0, 0.05) is 24.9 Å². The predicted octanol–water partition coefficient (Wildman–Crippen LogP) is 1.91. The Morgan fingerprint density at radius 1 is 0.833 bits per heavy atom. The van der Waals surface area contributed by atoms with Crippen molar-refractivity contribution in [2.75, 3.05) is 26.0 Å². The fourth-order valence-corrected chi connectivity index (χ4v) is 5.17. The number of hydrogen-bond acceptors (Lipinski definition) is 7. The molecule has 2 aromatic rings. The van der Waals surface area contributed by atoms with Gasteiger partial charge in [0.25, 0.3) is 0 Å². The zero-order valence-corrected chi connectivity index (χ0v) is 17.9. The molecule has 0 atom stereocenters. The quantitative estimate of drug-likeness (QED) is 0.466. The molecule has 0 saturated carbocycles. The minimum absolute atomic E-state index is 0.0686. The number of Topliss-reactive ketones (excluding diaryl/α,β-unsaturated/α-hetero) is 1. The molecule has 160 valence electrons. The first-order valence-corrected chi connectivity index (χ1v) is 12.5. The zero-order valence-electron chi connectivity index (χ0n) is 16.3. The minimum atomic E-state index is -3.56. The second-order valence-electron chi connectivity index (χ2n) is 6.93. The number of sulfone groups is 1. The Hall–Kier alpha value is -2.56. The van der Waals surface area contributed by atoms with Crippen molar-refractivity contribution in [2.45, 2.75) is 22.6 Å². The van der Waals surface area contributed by atoms with Crippen LogP contribution in [0, 0.1) is 0 Å². The fraction of sp³-hybridized carbons (Fsp3) is 0.300. The van der Waals surface area contributed by atoms with Crippen molar-refractivity contribution >= 4 is 31.6 Å². The van der Waals surface area contributed by atoms with Crippen LogP contribution < -0.4 is 0 Å². The molecule has 0 spiro atoms. The summed E-state index contributed by atoms with van der Waals surface area (Å²) in [5.41, 5.74) is 0.331. The summed E-state index contributed by atoms with van der Waals surface area (Å²) in [6, 6.07) is 10.7. The number of rotatable bonds is 7. The van der Waals surface area contributed by atoms with Crippen molar-refractivity contribution in [1.82, 2.24) is 4.31 Å². The molecule has 2 aromatic carbocycles. The molecular weight excluding hydrogens is 430 g/mol. The lowest BCUT2D eigenvalue weighted by Crippen LogP contribution is -2.27. The van der Waals surface area contributed by atoms with Gasteiger partial charge in [-0.1, -0.05) is 0 Å². The summed E-state index contributed by atoms with van der Waals surface area (Å²) in [6.07, 6.45) is 2.72. The summed E-state index contributed by atoms with van der Waals surface area (Å²) in [6.45, 7) is 0.457. The first-order valence-electron chi connectivity index (χ1n) is 9.20. The van der Waals surface area contributed by atoms with Crippen LogP contribution in [0.4, 0.5) is 0 Å². The fourth-order valence-electron chi connectivity index (χ4n) is 3.03. The highest BCUT2D eigenvalue weighted by molar-refractivity contribution is 7.90. The van der Waals surface area contributed by atoms with Gasteiger partial charge in [0.1, 0.15) is 0 Å². The molecule has 0 aromatic heterocycles. The smallest absolute Gasteiger partial charge is 0.338 e. The Balaban J connectivity index is 1.61. The molecule has 1 heterocycles. The van der Waals surface area contributed by atoms with Crippen LogP contribution in [-0.4, -0.2) is 58.8 Å². The van der Waals surface area contributed by atoms with E-state index in [1.165, 1.54) is 52.8 Å². The van der Waals surface area contributed by atoms with Crippen molar-refractivity contribution in [3.05, 3.63) is 59.7 Å². The first-order chi connectivity index (χ1) is 14.1. The number of sulfonamides is 1. The van der Waals surface area contributed by atoms with E-state index in [0.717, 1.165) is 19.1 Å². The maximum atomic E-state index is 12.5. The van der Waals surface area contributed by atoms with Gasteiger partial charge in [-0.05, 0) is 61.4 Å². The van der Waals surface area contributed by atoms with Crippen molar-refractivity contribution in [2.24, 2.45) is 0 Å². The largest absolute Gasteiger partial charge is 0.454 e. The van der Waals surface area contributed by atoms with Crippen LogP contribution in [0.5, 0.6) is 0 Å². The molecule has 0 N–H and O–H groups in total. The second kappa shape index (κ2) is 8.66. The van der Waals surface area contributed by atoms with Gasteiger partial charge in [-0.15, -0.1) is 0 Å². The van der Waals surface area contributed by atoms with E-state index in [-0.39, 0.29) is 20.9 Å². The van der Waals surface area contributed by atoms with Crippen LogP contribution in [0.25, 0.3) is 0 Å². The molecule has 0 amide bonds. The van der Waals surface area contributed by atoms with Gasteiger partial charge in [-0.25, -0.2) is 21.6 Å². The number of benzene rings is 2. The number of esters is 1. The molecule has 10 heteroatoms. The average molecular weight is 452 g/mol. The molecule has 1 aliphatic heterocycles. The third kappa shape index (κ3) is 4.94. The molecule has 0 unspecified atom stereocenters. The van der Waals surface area contributed by atoms with E-state index in [9.17, 15) is 26.4 Å². The summed E-state index contributed by atoms with van der Waals surface area (Å²) < 4.78 is 54.3. The van der Waals surface area contributed by atoms with E-state index in [0.29, 0.717) is 13.1 Å². The number of carbonyl (C=O) groups excluding carboxylic acids is 2. The summed E-state index contributed by atoms with van der Waals surface area (Å²) in [7, 11) is -6.94. The van der Waals surface area contributed by atoms with E-state index < -0.39 is 38.2 Å². The number of carbonyl (C=O) groups is 2. The summed E-state index contributed by atoms with van der Waals surface area (Å²) in [5.74, 6) is -1.25. The van der Waals surface area contributed by atoms with Crippen molar-refractivity contribution < 1.29 is 31.2 Å². The Kier molecular flexibility index (Phi) is 6.39.